The van der Waals surface area contributed by atoms with Gasteiger partial charge in [-0.3, -0.25) is 0 Å². The lowest BCUT2D eigenvalue weighted by Crippen LogP contribution is -2.13. The monoisotopic (exact) mass is 431 g/mol. The number of hydrogen-bond acceptors (Lipinski definition) is 2. The van der Waals surface area contributed by atoms with Crippen LogP contribution >= 0.6 is 15.9 Å². The first kappa shape index (κ1) is 17.7. The molecule has 0 atom stereocenters. The van der Waals surface area contributed by atoms with E-state index in [1.807, 2.05) is 31.2 Å². The summed E-state index contributed by atoms with van der Waals surface area (Å²) in [5, 5.41) is 4.15. The average Bonchev–Trinajstić information content (AvgIpc) is 3.05. The summed E-state index contributed by atoms with van der Waals surface area (Å²) in [5.74, 6) is 0. The van der Waals surface area contributed by atoms with Gasteiger partial charge in [0.1, 0.15) is 0 Å². The maximum Gasteiger partial charge on any atom is 0.433 e. The zero-order valence-electron chi connectivity index (χ0n) is 14.1. The van der Waals surface area contributed by atoms with Crippen LogP contribution in [0.25, 0.3) is 28.2 Å². The molecule has 0 N–H and O–H groups in total. The molecule has 0 bridgehead atoms. The largest absolute Gasteiger partial charge is 0.433 e. The first-order valence-corrected chi connectivity index (χ1v) is 8.91. The molecule has 0 saturated carbocycles. The summed E-state index contributed by atoms with van der Waals surface area (Å²) in [4.78, 5) is 4.40. The van der Waals surface area contributed by atoms with E-state index in [1.165, 1.54) is 0 Å². The summed E-state index contributed by atoms with van der Waals surface area (Å²) < 4.78 is 42.7. The molecule has 3 nitrogen and oxygen atoms in total. The van der Waals surface area contributed by atoms with Gasteiger partial charge in [0.2, 0.25) is 0 Å². The number of aromatic nitrogens is 3. The molecule has 2 heterocycles. The fraction of sp³-hybridized carbons (Fsp3) is 0.100. The summed E-state index contributed by atoms with van der Waals surface area (Å²) in [6.45, 7) is 1.92. The van der Waals surface area contributed by atoms with Crippen LogP contribution in [0, 0.1) is 6.92 Å². The van der Waals surface area contributed by atoms with E-state index >= 15 is 0 Å². The Labute approximate surface area is 161 Å². The van der Waals surface area contributed by atoms with E-state index < -0.39 is 11.9 Å². The molecule has 0 saturated heterocycles. The third kappa shape index (κ3) is 3.47. The van der Waals surface area contributed by atoms with Gasteiger partial charge in [0.15, 0.2) is 11.3 Å². The van der Waals surface area contributed by atoms with Crippen molar-refractivity contribution in [3.05, 3.63) is 76.4 Å². The van der Waals surface area contributed by atoms with E-state index in [0.29, 0.717) is 16.8 Å². The van der Waals surface area contributed by atoms with Gasteiger partial charge in [-0.25, -0.2) is 9.50 Å². The van der Waals surface area contributed by atoms with Crippen LogP contribution in [-0.4, -0.2) is 14.6 Å². The minimum atomic E-state index is -4.55. The van der Waals surface area contributed by atoms with Crippen molar-refractivity contribution in [1.29, 1.82) is 0 Å². The predicted molar refractivity (Wildman–Crippen MR) is 101 cm³/mol. The topological polar surface area (TPSA) is 30.2 Å². The lowest BCUT2D eigenvalue weighted by atomic mass is 10.1. The predicted octanol–water partition coefficient (Wildman–Crippen LogP) is 6.15. The zero-order chi connectivity index (χ0) is 19.2. The zero-order valence-corrected chi connectivity index (χ0v) is 15.7. The molecule has 0 aliphatic rings. The second-order valence-corrected chi connectivity index (χ2v) is 7.11. The van der Waals surface area contributed by atoms with E-state index in [4.69, 9.17) is 0 Å². The molecule has 0 spiro atoms. The van der Waals surface area contributed by atoms with Gasteiger partial charge in [-0.2, -0.15) is 18.3 Å². The highest BCUT2D eigenvalue weighted by molar-refractivity contribution is 9.10. The van der Waals surface area contributed by atoms with Crippen molar-refractivity contribution in [3.8, 4) is 22.5 Å². The number of hydrogen-bond donors (Lipinski definition) is 0. The van der Waals surface area contributed by atoms with Crippen LogP contribution in [-0.2, 0) is 6.18 Å². The molecule has 4 aromatic rings. The van der Waals surface area contributed by atoms with Gasteiger partial charge in [-0.05, 0) is 25.1 Å². The fourth-order valence-electron chi connectivity index (χ4n) is 2.81. The first-order chi connectivity index (χ1) is 12.8. The highest BCUT2D eigenvalue weighted by atomic mass is 79.9. The SMILES string of the molecule is Cc1ccc(-c2cc(C(F)(F)F)n3nc(-c4ccc(Br)cc4)cc3n2)cc1. The molecule has 0 amide bonds. The van der Waals surface area contributed by atoms with E-state index in [2.05, 4.69) is 26.0 Å². The van der Waals surface area contributed by atoms with Gasteiger partial charge in [0, 0.05) is 21.7 Å². The smallest absolute Gasteiger partial charge is 0.228 e. The van der Waals surface area contributed by atoms with Crippen molar-refractivity contribution < 1.29 is 13.2 Å². The van der Waals surface area contributed by atoms with Crippen LogP contribution in [0.4, 0.5) is 13.2 Å². The lowest BCUT2D eigenvalue weighted by Gasteiger charge is -2.11. The normalized spacial score (nSPS) is 11.9. The van der Waals surface area contributed by atoms with E-state index in [9.17, 15) is 13.2 Å². The Morgan fingerprint density at radius 2 is 1.44 bits per heavy atom. The molecule has 0 aliphatic heterocycles. The Bertz CT molecular complexity index is 1110. The molecular formula is C20H13BrF3N3. The van der Waals surface area contributed by atoms with Crippen molar-refractivity contribution in [2.24, 2.45) is 0 Å². The Morgan fingerprint density at radius 1 is 0.852 bits per heavy atom. The Morgan fingerprint density at radius 3 is 2.07 bits per heavy atom. The van der Waals surface area contributed by atoms with Crippen LogP contribution in [0.15, 0.2) is 65.1 Å². The minimum absolute atomic E-state index is 0.151. The number of nitrogens with zero attached hydrogens (tertiary/aromatic N) is 3. The summed E-state index contributed by atoms with van der Waals surface area (Å²) in [6.07, 6.45) is -4.55. The number of benzene rings is 2. The Kier molecular flexibility index (Phi) is 4.26. The van der Waals surface area contributed by atoms with Crippen molar-refractivity contribution in [2.45, 2.75) is 13.1 Å². The van der Waals surface area contributed by atoms with Crippen molar-refractivity contribution in [1.82, 2.24) is 14.6 Å². The van der Waals surface area contributed by atoms with Gasteiger partial charge in [-0.1, -0.05) is 57.9 Å². The van der Waals surface area contributed by atoms with E-state index in [-0.39, 0.29) is 11.3 Å². The number of fused-ring (bicyclic) bond motifs is 1. The third-order valence-electron chi connectivity index (χ3n) is 4.20. The van der Waals surface area contributed by atoms with Crippen LogP contribution < -0.4 is 0 Å². The summed E-state index contributed by atoms with van der Waals surface area (Å²) in [7, 11) is 0. The minimum Gasteiger partial charge on any atom is -0.228 e. The van der Waals surface area contributed by atoms with Crippen LogP contribution in [0.2, 0.25) is 0 Å². The highest BCUT2D eigenvalue weighted by Crippen LogP contribution is 2.33. The second kappa shape index (κ2) is 6.49. The molecular weight excluding hydrogens is 419 g/mol. The molecule has 7 heteroatoms. The molecule has 2 aromatic carbocycles. The van der Waals surface area contributed by atoms with E-state index in [1.54, 1.807) is 30.3 Å². The van der Waals surface area contributed by atoms with Crippen molar-refractivity contribution in [3.63, 3.8) is 0 Å². The average molecular weight is 432 g/mol. The second-order valence-electron chi connectivity index (χ2n) is 6.20. The number of rotatable bonds is 2. The van der Waals surface area contributed by atoms with Gasteiger partial charge < -0.3 is 0 Å². The summed E-state index contributed by atoms with van der Waals surface area (Å²) in [6, 6.07) is 17.0. The number of halogens is 4. The molecule has 0 aliphatic carbocycles. The highest BCUT2D eigenvalue weighted by Gasteiger charge is 2.35. The molecule has 27 heavy (non-hydrogen) atoms. The number of alkyl halides is 3. The quantitative estimate of drug-likeness (QED) is 0.380. The van der Waals surface area contributed by atoms with Gasteiger partial charge in [0.25, 0.3) is 0 Å². The van der Waals surface area contributed by atoms with Crippen LogP contribution in [0.1, 0.15) is 11.3 Å². The molecule has 0 fully saturated rings. The standard InChI is InChI=1S/C20H13BrF3N3/c1-12-2-4-13(5-3-12)16-10-18(20(22,23)24)27-19(25-16)11-17(26-27)14-6-8-15(21)9-7-14/h2-11H,1H3. The molecule has 0 unspecified atom stereocenters. The molecule has 136 valence electrons. The first-order valence-electron chi connectivity index (χ1n) is 8.12. The number of aryl methyl sites for hydroxylation is 1. The Balaban J connectivity index is 1.93. The van der Waals surface area contributed by atoms with Gasteiger partial charge in [0.05, 0.1) is 11.4 Å². The van der Waals surface area contributed by atoms with Crippen molar-refractivity contribution in [2.75, 3.05) is 0 Å². The molecule has 2 aromatic heterocycles. The van der Waals surface area contributed by atoms with Gasteiger partial charge in [-0.15, -0.1) is 0 Å². The summed E-state index contributed by atoms with van der Waals surface area (Å²) >= 11 is 3.34. The van der Waals surface area contributed by atoms with Crippen LogP contribution in [0.3, 0.4) is 0 Å². The summed E-state index contributed by atoms with van der Waals surface area (Å²) in [5.41, 5.74) is 2.36. The molecule has 0 radical (unpaired) electrons. The maximum atomic E-state index is 13.6. The fourth-order valence-corrected chi connectivity index (χ4v) is 3.07. The maximum absolute atomic E-state index is 13.6. The van der Waals surface area contributed by atoms with Gasteiger partial charge >= 0.3 is 6.18 Å². The molecule has 4 rings (SSSR count). The van der Waals surface area contributed by atoms with Crippen LogP contribution in [0.5, 0.6) is 0 Å². The van der Waals surface area contributed by atoms with E-state index in [0.717, 1.165) is 20.6 Å². The van der Waals surface area contributed by atoms with Crippen molar-refractivity contribution >= 4 is 21.6 Å². The third-order valence-corrected chi connectivity index (χ3v) is 4.73. The Hall–Kier alpha value is -2.67. The lowest BCUT2D eigenvalue weighted by molar-refractivity contribution is -0.142.